The van der Waals surface area contributed by atoms with Crippen LogP contribution >= 0.6 is 21.6 Å². The first-order valence-electron chi connectivity index (χ1n) is 18.8. The van der Waals surface area contributed by atoms with Gasteiger partial charge >= 0.3 is 0 Å². The molecule has 1 heterocycles. The highest BCUT2D eigenvalue weighted by molar-refractivity contribution is 8.76. The summed E-state index contributed by atoms with van der Waals surface area (Å²) in [6, 6.07) is 0. The van der Waals surface area contributed by atoms with Gasteiger partial charge in [-0.15, -0.1) is 0 Å². The number of aliphatic hydroxyl groups excluding tert-OH is 1. The standard InChI is InChI=1S/C27H53NO4S2.C6H10N2O2.C2H6.CH5N.CH4O/c1-3-4-5-6-7-8-9-10-11-12-13-14-15-16-21-33-34-22-18-27(29)28-19-17-20-32-26-24-31-23-25(26)30-2;1-8(2)4-3-6(10)7-5-9;3*1-2/h25-26H,3-24H2,1-2H3,(H,28,29);3-5H,1-2H3,(H,7,9,10);1-2H3;2H2,1H3;2H,1H3/b;4-3-;;;. The van der Waals surface area contributed by atoms with Gasteiger partial charge in [0.25, 0.3) is 5.91 Å². The number of unbranched alkanes of at least 4 members (excludes halogenated alkanes) is 13. The van der Waals surface area contributed by atoms with Gasteiger partial charge in [-0.05, 0) is 19.9 Å². The predicted molar refractivity (Wildman–Crippen MR) is 215 cm³/mol. The first-order chi connectivity index (χ1) is 24.4. The summed E-state index contributed by atoms with van der Waals surface area (Å²) in [6.45, 7) is 8.78. The largest absolute Gasteiger partial charge is 0.400 e. The van der Waals surface area contributed by atoms with E-state index in [0.717, 1.165) is 19.3 Å². The molecule has 0 aromatic heterocycles. The number of aliphatic hydroxyl groups is 1. The Bertz CT molecular complexity index is 723. The molecule has 0 aromatic carbocycles. The van der Waals surface area contributed by atoms with E-state index in [0.29, 0.717) is 39.2 Å². The molecule has 300 valence electrons. The van der Waals surface area contributed by atoms with Crippen LogP contribution in [0.25, 0.3) is 0 Å². The van der Waals surface area contributed by atoms with Crippen LogP contribution in [0.3, 0.4) is 0 Å². The van der Waals surface area contributed by atoms with Crippen molar-refractivity contribution in [3.8, 4) is 0 Å². The summed E-state index contributed by atoms with van der Waals surface area (Å²) in [6.07, 6.45) is 24.4. The number of nitrogens with zero attached hydrogens (tertiary/aromatic N) is 1. The number of methoxy groups -OCH3 is 1. The van der Waals surface area contributed by atoms with Gasteiger partial charge in [0.1, 0.15) is 12.2 Å². The first kappa shape index (κ1) is 55.4. The van der Waals surface area contributed by atoms with Gasteiger partial charge < -0.3 is 35.3 Å². The zero-order chi connectivity index (χ0) is 38.5. The Morgan fingerprint density at radius 1 is 0.840 bits per heavy atom. The third-order valence-corrected chi connectivity index (χ3v) is 9.55. The van der Waals surface area contributed by atoms with Crippen molar-refractivity contribution in [2.75, 3.05) is 73.2 Å². The molecule has 11 nitrogen and oxygen atoms in total. The van der Waals surface area contributed by atoms with Crippen LogP contribution in [0, 0.1) is 0 Å². The highest BCUT2D eigenvalue weighted by Crippen LogP contribution is 2.24. The van der Waals surface area contributed by atoms with Gasteiger partial charge in [-0.1, -0.05) is 126 Å². The highest BCUT2D eigenvalue weighted by Gasteiger charge is 2.28. The van der Waals surface area contributed by atoms with Crippen molar-refractivity contribution in [1.82, 2.24) is 15.5 Å². The van der Waals surface area contributed by atoms with Crippen molar-refractivity contribution in [2.24, 2.45) is 5.73 Å². The summed E-state index contributed by atoms with van der Waals surface area (Å²) in [5.74, 6) is 1.82. The zero-order valence-electron chi connectivity index (χ0n) is 33.2. The third-order valence-electron chi connectivity index (χ3n) is 7.06. The molecule has 0 bridgehead atoms. The Morgan fingerprint density at radius 2 is 1.34 bits per heavy atom. The van der Waals surface area contributed by atoms with E-state index in [1.807, 2.05) is 40.8 Å². The lowest BCUT2D eigenvalue weighted by atomic mass is 10.0. The molecule has 1 fully saturated rings. The maximum Gasteiger partial charge on any atom is 0.251 e. The molecule has 50 heavy (non-hydrogen) atoms. The van der Waals surface area contributed by atoms with Crippen LogP contribution in [-0.2, 0) is 28.6 Å². The second-order valence-corrected chi connectivity index (χ2v) is 14.0. The van der Waals surface area contributed by atoms with Crippen LogP contribution in [0.4, 0.5) is 0 Å². The van der Waals surface area contributed by atoms with Gasteiger partial charge in [0.2, 0.25) is 12.3 Å². The lowest BCUT2D eigenvalue weighted by Gasteiger charge is -2.16. The smallest absolute Gasteiger partial charge is 0.251 e. The molecule has 0 radical (unpaired) electrons. The highest BCUT2D eigenvalue weighted by atomic mass is 33.1. The maximum absolute atomic E-state index is 11.9. The SMILES string of the molecule is CC.CCCCCCCCCCCCCCCCSSCCC(=O)NCCCOC1COCC1OC.CN.CN(C)/C=C\C(=O)NC=O.CO. The van der Waals surface area contributed by atoms with E-state index in [4.69, 9.17) is 19.3 Å². The Hall–Kier alpha value is -1.35. The number of hydrogen-bond donors (Lipinski definition) is 4. The molecule has 2 atom stereocenters. The van der Waals surface area contributed by atoms with Gasteiger partial charge in [-0.25, -0.2) is 0 Å². The number of hydrogen-bond acceptors (Lipinski definition) is 11. The number of carbonyl (C=O) groups is 3. The topological polar surface area (TPSA) is 152 Å². The molecule has 0 saturated carbocycles. The fourth-order valence-corrected chi connectivity index (χ4v) is 6.58. The van der Waals surface area contributed by atoms with E-state index in [2.05, 4.69) is 18.0 Å². The maximum atomic E-state index is 11.9. The average molecular weight is 755 g/mol. The van der Waals surface area contributed by atoms with E-state index in [9.17, 15) is 14.4 Å². The Balaban J connectivity index is -0.000000555. The number of rotatable bonds is 28. The van der Waals surface area contributed by atoms with Gasteiger partial charge in [0, 0.05) is 71.7 Å². The Morgan fingerprint density at radius 3 is 1.84 bits per heavy atom. The lowest BCUT2D eigenvalue weighted by Crippen LogP contribution is -2.30. The molecular weight excluding hydrogens is 677 g/mol. The normalized spacial score (nSPS) is 14.4. The number of amides is 3. The first-order valence-corrected chi connectivity index (χ1v) is 21.3. The van der Waals surface area contributed by atoms with Crippen molar-refractivity contribution in [2.45, 2.75) is 136 Å². The van der Waals surface area contributed by atoms with E-state index in [-0.39, 0.29) is 18.1 Å². The molecule has 0 aromatic rings. The van der Waals surface area contributed by atoms with E-state index in [1.165, 1.54) is 109 Å². The third kappa shape index (κ3) is 44.7. The fraction of sp³-hybridized carbons (Fsp3) is 0.865. The average Bonchev–Trinajstić information content (AvgIpc) is 3.60. The number of nitrogens with one attached hydrogen (secondary N) is 2. The van der Waals surface area contributed by atoms with Crippen LogP contribution in [0.1, 0.15) is 124 Å². The van der Waals surface area contributed by atoms with Crippen molar-refractivity contribution in [3.63, 3.8) is 0 Å². The summed E-state index contributed by atoms with van der Waals surface area (Å²) in [5, 5.41) is 12.0. The molecule has 13 heteroatoms. The van der Waals surface area contributed by atoms with E-state index in [1.54, 1.807) is 32.3 Å². The Labute approximate surface area is 315 Å². The summed E-state index contributed by atoms with van der Waals surface area (Å²) < 4.78 is 16.5. The molecule has 1 rings (SSSR count). The molecule has 1 aliphatic rings. The van der Waals surface area contributed by atoms with Crippen LogP contribution in [0.5, 0.6) is 0 Å². The summed E-state index contributed by atoms with van der Waals surface area (Å²) in [5.41, 5.74) is 4.50. The molecule has 2 unspecified atom stereocenters. The number of imide groups is 1. The minimum Gasteiger partial charge on any atom is -0.400 e. The predicted octanol–water partition coefficient (Wildman–Crippen LogP) is 6.72. The summed E-state index contributed by atoms with van der Waals surface area (Å²) in [4.78, 5) is 33.8. The van der Waals surface area contributed by atoms with Gasteiger partial charge in [-0.2, -0.15) is 0 Å². The number of nitrogens with two attached hydrogens (primary N) is 1. The monoisotopic (exact) mass is 755 g/mol. The summed E-state index contributed by atoms with van der Waals surface area (Å²) >= 11 is 0. The van der Waals surface area contributed by atoms with Gasteiger partial charge in [0.05, 0.1) is 13.2 Å². The fourth-order valence-electron chi connectivity index (χ4n) is 4.44. The van der Waals surface area contributed by atoms with Crippen molar-refractivity contribution < 1.29 is 33.7 Å². The molecule has 0 spiro atoms. The zero-order valence-corrected chi connectivity index (χ0v) is 34.8. The molecule has 0 aliphatic carbocycles. The van der Waals surface area contributed by atoms with Crippen LogP contribution in [-0.4, -0.2) is 114 Å². The van der Waals surface area contributed by atoms with Crippen molar-refractivity contribution >= 4 is 39.8 Å². The molecular formula is C37H78N4O7S2. The van der Waals surface area contributed by atoms with E-state index >= 15 is 0 Å². The second-order valence-electron chi connectivity index (χ2n) is 11.3. The van der Waals surface area contributed by atoms with E-state index < -0.39 is 5.91 Å². The minimum atomic E-state index is -0.413. The lowest BCUT2D eigenvalue weighted by molar-refractivity contribution is -0.122. The summed E-state index contributed by atoms with van der Waals surface area (Å²) in [7, 11) is 11.5. The molecule has 3 amide bonds. The van der Waals surface area contributed by atoms with Crippen molar-refractivity contribution in [1.29, 1.82) is 0 Å². The van der Waals surface area contributed by atoms with Crippen molar-refractivity contribution in [3.05, 3.63) is 12.3 Å². The van der Waals surface area contributed by atoms with Crippen LogP contribution < -0.4 is 16.4 Å². The quantitative estimate of drug-likeness (QED) is 0.0292. The minimum absolute atomic E-state index is 0.0221. The molecule has 1 saturated heterocycles. The van der Waals surface area contributed by atoms with Gasteiger partial charge in [-0.3, -0.25) is 19.7 Å². The Kier molecular flexibility index (Phi) is 55.1. The van der Waals surface area contributed by atoms with Gasteiger partial charge in [0.15, 0.2) is 0 Å². The number of carbonyl (C=O) groups excluding carboxylic acids is 3. The molecule has 5 N–H and O–H groups in total. The molecule has 1 aliphatic heterocycles. The second kappa shape index (κ2) is 49.8. The van der Waals surface area contributed by atoms with Crippen LogP contribution in [0.2, 0.25) is 0 Å². The van der Waals surface area contributed by atoms with Crippen LogP contribution in [0.15, 0.2) is 12.3 Å². The number of ether oxygens (including phenoxy) is 3.